The molecule has 2 fully saturated rings. The first-order valence-corrected chi connectivity index (χ1v) is 11.3. The smallest absolute Gasteiger partial charge is 0.407 e. The zero-order valence-electron chi connectivity index (χ0n) is 15.5. The number of carbonyl (C=O) groups is 1. The van der Waals surface area contributed by atoms with E-state index in [9.17, 15) is 14.3 Å². The summed E-state index contributed by atoms with van der Waals surface area (Å²) in [6.07, 6.45) is 2.30. The fraction of sp³-hybridized carbons (Fsp3) is 0.444. The van der Waals surface area contributed by atoms with E-state index in [2.05, 4.69) is 32.5 Å². The van der Waals surface area contributed by atoms with Gasteiger partial charge in [-0.05, 0) is 34.5 Å². The molecule has 0 unspecified atom stereocenters. The molecule has 7 nitrogen and oxygen atoms in total. The number of pyridine rings is 1. The van der Waals surface area contributed by atoms with Crippen LogP contribution in [0, 0.1) is 5.82 Å². The highest BCUT2D eigenvalue weighted by molar-refractivity contribution is 9.10. The molecule has 1 N–H and O–H groups in total. The van der Waals surface area contributed by atoms with Crippen molar-refractivity contribution in [3.05, 3.63) is 28.2 Å². The topological polar surface area (TPSA) is 82.5 Å². The molecular weight excluding hydrogens is 485 g/mol. The average Bonchev–Trinajstić information content (AvgIpc) is 3.00. The van der Waals surface area contributed by atoms with Crippen LogP contribution in [0.3, 0.4) is 0 Å². The van der Waals surface area contributed by atoms with Crippen LogP contribution in [0.4, 0.5) is 15.0 Å². The Balaban J connectivity index is 1.92. The van der Waals surface area contributed by atoms with Crippen molar-refractivity contribution in [3.63, 3.8) is 0 Å². The van der Waals surface area contributed by atoms with Crippen LogP contribution in [0.2, 0.25) is 5.15 Å². The van der Waals surface area contributed by atoms with Gasteiger partial charge in [0, 0.05) is 6.54 Å². The Morgan fingerprint density at radius 1 is 1.45 bits per heavy atom. The van der Waals surface area contributed by atoms with E-state index in [1.54, 1.807) is 6.08 Å². The SMILES string of the molecule is C=C[C@H]1[C@@H]2CC[C@H](CN1c1nc(SCC)nc3c(F)c(Cl)nc(Br)c13)N2C(=O)O. The average molecular weight is 503 g/mol. The normalized spacial score (nSPS) is 23.7. The lowest BCUT2D eigenvalue weighted by Gasteiger charge is -2.45. The predicted octanol–water partition coefficient (Wildman–Crippen LogP) is 4.58. The van der Waals surface area contributed by atoms with Crippen LogP contribution < -0.4 is 4.90 Å². The van der Waals surface area contributed by atoms with Crippen LogP contribution in [0.5, 0.6) is 0 Å². The molecule has 2 aliphatic rings. The Morgan fingerprint density at radius 2 is 2.21 bits per heavy atom. The molecule has 2 bridgehead atoms. The van der Waals surface area contributed by atoms with E-state index in [1.807, 2.05) is 11.8 Å². The Bertz CT molecular complexity index is 1010. The fourth-order valence-corrected chi connectivity index (χ4v) is 5.64. The van der Waals surface area contributed by atoms with Gasteiger partial charge in [-0.1, -0.05) is 36.4 Å². The summed E-state index contributed by atoms with van der Waals surface area (Å²) in [7, 11) is 0. The third-order valence-electron chi connectivity index (χ3n) is 5.38. The Morgan fingerprint density at radius 3 is 2.86 bits per heavy atom. The van der Waals surface area contributed by atoms with Crippen molar-refractivity contribution in [1.29, 1.82) is 0 Å². The first-order valence-electron chi connectivity index (χ1n) is 9.12. The molecular formula is C18H18BrClFN5O2S. The molecule has 2 saturated heterocycles. The van der Waals surface area contributed by atoms with Crippen molar-refractivity contribution in [2.45, 2.75) is 43.0 Å². The van der Waals surface area contributed by atoms with Gasteiger partial charge in [-0.2, -0.15) is 0 Å². The number of piperazine rings is 1. The molecule has 3 atom stereocenters. The van der Waals surface area contributed by atoms with Crippen molar-refractivity contribution in [3.8, 4) is 0 Å². The second kappa shape index (κ2) is 7.88. The molecule has 0 aromatic carbocycles. The highest BCUT2D eigenvalue weighted by Gasteiger charge is 2.48. The molecule has 154 valence electrons. The number of carboxylic acid groups (broad SMARTS) is 1. The van der Waals surface area contributed by atoms with E-state index >= 15 is 0 Å². The number of fused-ring (bicyclic) bond motifs is 3. The maximum Gasteiger partial charge on any atom is 0.407 e. The zero-order valence-corrected chi connectivity index (χ0v) is 18.6. The second-order valence-corrected chi connectivity index (χ2v) is 9.20. The summed E-state index contributed by atoms with van der Waals surface area (Å²) in [5, 5.41) is 10.2. The third-order valence-corrected chi connectivity index (χ3v) is 6.93. The molecule has 0 spiro atoms. The summed E-state index contributed by atoms with van der Waals surface area (Å²) in [5.41, 5.74) is 0.0913. The van der Waals surface area contributed by atoms with E-state index in [1.165, 1.54) is 16.7 Å². The molecule has 11 heteroatoms. The van der Waals surface area contributed by atoms with Gasteiger partial charge in [0.15, 0.2) is 16.1 Å². The molecule has 2 aliphatic heterocycles. The standard InChI is InChI=1S/C18H18BrClFN5O2S/c1-3-9-10-6-5-8(26(10)18(27)28)7-25(9)16-11-13(22-17(24-16)29-4-2)12(21)15(20)23-14(11)19/h3,8-10H,1,4-7H2,2H3,(H,27,28)/t8-,9+,10+/m1/s1. The summed E-state index contributed by atoms with van der Waals surface area (Å²) < 4.78 is 15.2. The summed E-state index contributed by atoms with van der Waals surface area (Å²) in [5.74, 6) is 0.525. The van der Waals surface area contributed by atoms with Crippen LogP contribution in [-0.2, 0) is 0 Å². The van der Waals surface area contributed by atoms with Crippen molar-refractivity contribution >= 4 is 62.1 Å². The quantitative estimate of drug-likeness (QED) is 0.284. The number of anilines is 1. The summed E-state index contributed by atoms with van der Waals surface area (Å²) in [4.78, 5) is 28.4. The maximum atomic E-state index is 14.8. The van der Waals surface area contributed by atoms with Gasteiger partial charge in [0.2, 0.25) is 0 Å². The predicted molar refractivity (Wildman–Crippen MR) is 114 cm³/mol. The van der Waals surface area contributed by atoms with Crippen molar-refractivity contribution in [2.75, 3.05) is 17.2 Å². The summed E-state index contributed by atoms with van der Waals surface area (Å²) >= 11 is 10.7. The third kappa shape index (κ3) is 3.34. The van der Waals surface area contributed by atoms with E-state index in [0.717, 1.165) is 18.6 Å². The van der Waals surface area contributed by atoms with E-state index < -0.39 is 11.9 Å². The van der Waals surface area contributed by atoms with Crippen LogP contribution in [0.25, 0.3) is 10.9 Å². The molecule has 0 saturated carbocycles. The van der Waals surface area contributed by atoms with Gasteiger partial charge in [0.1, 0.15) is 15.9 Å². The van der Waals surface area contributed by atoms with Gasteiger partial charge in [-0.15, -0.1) is 6.58 Å². The number of thioether (sulfide) groups is 1. The Kier molecular flexibility index (Phi) is 5.60. The van der Waals surface area contributed by atoms with Crippen LogP contribution in [0.1, 0.15) is 19.8 Å². The van der Waals surface area contributed by atoms with Gasteiger partial charge in [0.05, 0.1) is 23.5 Å². The van der Waals surface area contributed by atoms with Gasteiger partial charge in [-0.25, -0.2) is 24.1 Å². The highest BCUT2D eigenvalue weighted by Crippen LogP contribution is 2.41. The monoisotopic (exact) mass is 501 g/mol. The van der Waals surface area contributed by atoms with Crippen molar-refractivity contribution in [1.82, 2.24) is 19.9 Å². The Labute approximate surface area is 184 Å². The molecule has 4 rings (SSSR count). The van der Waals surface area contributed by atoms with Crippen molar-refractivity contribution in [2.24, 2.45) is 0 Å². The maximum absolute atomic E-state index is 14.8. The molecule has 0 aliphatic carbocycles. The minimum Gasteiger partial charge on any atom is -0.465 e. The van der Waals surface area contributed by atoms with Crippen molar-refractivity contribution < 1.29 is 14.3 Å². The lowest BCUT2D eigenvalue weighted by atomic mass is 10.0. The summed E-state index contributed by atoms with van der Waals surface area (Å²) in [6, 6.07) is -0.696. The largest absolute Gasteiger partial charge is 0.465 e. The van der Waals surface area contributed by atoms with E-state index in [4.69, 9.17) is 16.6 Å². The fourth-order valence-electron chi connectivity index (χ4n) is 4.26. The molecule has 0 radical (unpaired) electrons. The number of rotatable bonds is 4. The number of aromatic nitrogens is 3. The molecule has 2 aromatic rings. The minimum atomic E-state index is -0.931. The van der Waals surface area contributed by atoms with Crippen LogP contribution in [0.15, 0.2) is 22.4 Å². The first kappa shape index (κ1) is 20.6. The number of amides is 1. The van der Waals surface area contributed by atoms with Crippen LogP contribution >= 0.6 is 39.3 Å². The molecule has 29 heavy (non-hydrogen) atoms. The number of hydrogen-bond acceptors (Lipinski definition) is 6. The lowest BCUT2D eigenvalue weighted by Crippen LogP contribution is -2.60. The van der Waals surface area contributed by atoms with Gasteiger partial charge in [0.25, 0.3) is 0 Å². The summed E-state index contributed by atoms with van der Waals surface area (Å²) in [6.45, 7) is 6.32. The van der Waals surface area contributed by atoms with Crippen LogP contribution in [-0.4, -0.2) is 61.5 Å². The lowest BCUT2D eigenvalue weighted by molar-refractivity contribution is 0.107. The highest BCUT2D eigenvalue weighted by atomic mass is 79.9. The van der Waals surface area contributed by atoms with Gasteiger partial charge >= 0.3 is 6.09 Å². The Hall–Kier alpha value is -1.65. The number of nitrogens with zero attached hydrogens (tertiary/aromatic N) is 5. The minimum absolute atomic E-state index is 0.0913. The van der Waals surface area contributed by atoms with Gasteiger partial charge in [-0.3, -0.25) is 4.90 Å². The number of hydrogen-bond donors (Lipinski definition) is 1. The first-order chi connectivity index (χ1) is 13.9. The second-order valence-electron chi connectivity index (χ2n) is 6.86. The van der Waals surface area contributed by atoms with E-state index in [-0.39, 0.29) is 28.8 Å². The zero-order chi connectivity index (χ0) is 20.9. The molecule has 1 amide bonds. The molecule has 4 heterocycles. The number of halogens is 3. The van der Waals surface area contributed by atoms with E-state index in [0.29, 0.717) is 27.5 Å². The molecule has 2 aromatic heterocycles. The van der Waals surface area contributed by atoms with Gasteiger partial charge < -0.3 is 10.0 Å².